The monoisotopic (exact) mass is 288 g/mol. The first-order valence-corrected chi connectivity index (χ1v) is 7.53. The first-order valence-electron chi connectivity index (χ1n) is 7.53. The fraction of sp³-hybridized carbons (Fsp3) is 0.643. The zero-order valence-corrected chi connectivity index (χ0v) is 12.2. The fourth-order valence-electron chi connectivity index (χ4n) is 3.47. The topological polar surface area (TPSA) is 61.0 Å². The number of aromatic nitrogens is 5. The van der Waals surface area contributed by atoms with Gasteiger partial charge in [-0.2, -0.15) is 5.10 Å². The number of fused-ring (bicyclic) bond motifs is 1. The van der Waals surface area contributed by atoms with Crippen molar-refractivity contribution in [2.75, 3.05) is 19.8 Å². The molecule has 0 radical (unpaired) electrons. The number of hydrogen-bond donors (Lipinski definition) is 0. The van der Waals surface area contributed by atoms with Crippen molar-refractivity contribution >= 4 is 0 Å². The third-order valence-electron chi connectivity index (χ3n) is 4.59. The van der Waals surface area contributed by atoms with Gasteiger partial charge in [0, 0.05) is 25.7 Å². The molecule has 1 saturated heterocycles. The highest BCUT2D eigenvalue weighted by molar-refractivity contribution is 5.12. The summed E-state index contributed by atoms with van der Waals surface area (Å²) in [6.45, 7) is 6.77. The molecule has 0 bridgehead atoms. The second-order valence-electron chi connectivity index (χ2n) is 5.78. The molecule has 0 aromatic carbocycles. The summed E-state index contributed by atoms with van der Waals surface area (Å²) in [6.07, 6.45) is 6.42. The van der Waals surface area contributed by atoms with E-state index in [0.717, 1.165) is 45.1 Å². The second-order valence-corrected chi connectivity index (χ2v) is 5.78. The van der Waals surface area contributed by atoms with Crippen LogP contribution in [-0.2, 0) is 17.8 Å². The molecule has 0 amide bonds. The summed E-state index contributed by atoms with van der Waals surface area (Å²) in [6, 6.07) is 0.888. The number of nitrogens with zero attached hydrogens (tertiary/aromatic N) is 6. The van der Waals surface area contributed by atoms with Gasteiger partial charge in [-0.15, -0.1) is 0 Å². The van der Waals surface area contributed by atoms with Crippen molar-refractivity contribution in [3.63, 3.8) is 0 Å². The van der Waals surface area contributed by atoms with Crippen molar-refractivity contribution in [2.45, 2.75) is 38.5 Å². The molecule has 0 aliphatic carbocycles. The third kappa shape index (κ3) is 2.26. The van der Waals surface area contributed by atoms with Gasteiger partial charge in [-0.3, -0.25) is 4.90 Å². The lowest BCUT2D eigenvalue weighted by molar-refractivity contribution is 0.0897. The van der Waals surface area contributed by atoms with Crippen LogP contribution in [0, 0.1) is 0 Å². The van der Waals surface area contributed by atoms with Crippen LogP contribution in [0.15, 0.2) is 18.9 Å². The van der Waals surface area contributed by atoms with Gasteiger partial charge in [0.25, 0.3) is 0 Å². The number of rotatable bonds is 3. The van der Waals surface area contributed by atoms with E-state index in [-0.39, 0.29) is 0 Å². The molecule has 2 aliphatic heterocycles. The zero-order valence-electron chi connectivity index (χ0n) is 12.2. The standard InChI is InChI=1S/C14H20N6O/c1-11-14-16-6-13(7-18-10-15-9-17-18)20(14)4-3-19(11)12-2-5-21-8-12/h6,9-12H,2-5,7-8H2,1H3. The maximum absolute atomic E-state index is 5.53. The molecule has 1 fully saturated rings. The van der Waals surface area contributed by atoms with Gasteiger partial charge in [-0.25, -0.2) is 14.6 Å². The van der Waals surface area contributed by atoms with Crippen LogP contribution in [0.5, 0.6) is 0 Å². The summed E-state index contributed by atoms with van der Waals surface area (Å²) in [5.41, 5.74) is 1.20. The average Bonchev–Trinajstić information content (AvgIpc) is 3.21. The molecule has 2 atom stereocenters. The van der Waals surface area contributed by atoms with Gasteiger partial charge >= 0.3 is 0 Å². The fourth-order valence-corrected chi connectivity index (χ4v) is 3.47. The lowest BCUT2D eigenvalue weighted by Crippen LogP contribution is -2.44. The van der Waals surface area contributed by atoms with Crippen molar-refractivity contribution in [1.29, 1.82) is 0 Å². The van der Waals surface area contributed by atoms with Crippen molar-refractivity contribution < 1.29 is 4.74 Å². The summed E-state index contributed by atoms with van der Waals surface area (Å²) in [4.78, 5) is 11.2. The zero-order chi connectivity index (χ0) is 14.2. The highest BCUT2D eigenvalue weighted by atomic mass is 16.5. The maximum atomic E-state index is 5.53. The molecule has 0 saturated carbocycles. The van der Waals surface area contributed by atoms with Crippen LogP contribution in [0.1, 0.15) is 30.9 Å². The number of ether oxygens (including phenoxy) is 1. The summed E-state index contributed by atoms with van der Waals surface area (Å²) in [5.74, 6) is 1.16. The Hall–Kier alpha value is -1.73. The molecule has 2 aromatic heterocycles. The molecule has 0 N–H and O–H groups in total. The minimum absolute atomic E-state index is 0.343. The van der Waals surface area contributed by atoms with Crippen molar-refractivity contribution in [3.8, 4) is 0 Å². The lowest BCUT2D eigenvalue weighted by atomic mass is 10.1. The largest absolute Gasteiger partial charge is 0.380 e. The molecular weight excluding hydrogens is 268 g/mol. The van der Waals surface area contributed by atoms with Gasteiger partial charge in [0.15, 0.2) is 0 Å². The molecule has 0 spiro atoms. The van der Waals surface area contributed by atoms with Gasteiger partial charge in [0.1, 0.15) is 18.5 Å². The predicted molar refractivity (Wildman–Crippen MR) is 75.7 cm³/mol. The molecule has 2 unspecified atom stereocenters. The predicted octanol–water partition coefficient (Wildman–Crippen LogP) is 0.688. The van der Waals surface area contributed by atoms with Gasteiger partial charge in [-0.05, 0) is 13.3 Å². The van der Waals surface area contributed by atoms with Crippen LogP contribution < -0.4 is 0 Å². The Bertz CT molecular complexity index is 601. The van der Waals surface area contributed by atoms with E-state index in [4.69, 9.17) is 4.74 Å². The highest BCUT2D eigenvalue weighted by Gasteiger charge is 2.33. The Morgan fingerprint density at radius 3 is 3.10 bits per heavy atom. The highest BCUT2D eigenvalue weighted by Crippen LogP contribution is 2.29. The van der Waals surface area contributed by atoms with Gasteiger partial charge in [-0.1, -0.05) is 0 Å². The van der Waals surface area contributed by atoms with E-state index in [1.807, 2.05) is 10.9 Å². The van der Waals surface area contributed by atoms with E-state index < -0.39 is 0 Å². The number of hydrogen-bond acceptors (Lipinski definition) is 5. The molecule has 21 heavy (non-hydrogen) atoms. The molecule has 4 rings (SSSR count). The van der Waals surface area contributed by atoms with E-state index in [9.17, 15) is 0 Å². The molecule has 2 aliphatic rings. The van der Waals surface area contributed by atoms with Gasteiger partial charge in [0.2, 0.25) is 0 Å². The minimum atomic E-state index is 0.343. The number of imidazole rings is 1. The van der Waals surface area contributed by atoms with E-state index in [0.29, 0.717) is 12.1 Å². The van der Waals surface area contributed by atoms with Crippen LogP contribution >= 0.6 is 0 Å². The van der Waals surface area contributed by atoms with Crippen LogP contribution in [-0.4, -0.2) is 55.0 Å². The van der Waals surface area contributed by atoms with Crippen molar-refractivity contribution in [2.24, 2.45) is 0 Å². The third-order valence-corrected chi connectivity index (χ3v) is 4.59. The summed E-state index contributed by atoms with van der Waals surface area (Å²) in [7, 11) is 0. The van der Waals surface area contributed by atoms with E-state index in [1.54, 1.807) is 12.7 Å². The lowest BCUT2D eigenvalue weighted by Gasteiger charge is -2.37. The molecule has 2 aromatic rings. The van der Waals surface area contributed by atoms with Crippen LogP contribution in [0.4, 0.5) is 0 Å². The van der Waals surface area contributed by atoms with Crippen molar-refractivity contribution in [3.05, 3.63) is 30.4 Å². The van der Waals surface area contributed by atoms with E-state index >= 15 is 0 Å². The van der Waals surface area contributed by atoms with Gasteiger partial charge < -0.3 is 9.30 Å². The Morgan fingerprint density at radius 2 is 2.33 bits per heavy atom. The average molecular weight is 288 g/mol. The van der Waals surface area contributed by atoms with Crippen LogP contribution in [0.25, 0.3) is 0 Å². The molecule has 112 valence electrons. The van der Waals surface area contributed by atoms with E-state index in [2.05, 4.69) is 31.5 Å². The SMILES string of the molecule is CC1c2ncc(Cn3cncn3)n2CCN1C1CCOC1. The quantitative estimate of drug-likeness (QED) is 0.831. The second kappa shape index (κ2) is 5.23. The first kappa shape index (κ1) is 13.0. The molecule has 7 nitrogen and oxygen atoms in total. The Labute approximate surface area is 123 Å². The molecule has 4 heterocycles. The summed E-state index contributed by atoms with van der Waals surface area (Å²) >= 11 is 0. The first-order chi connectivity index (χ1) is 10.3. The van der Waals surface area contributed by atoms with Crippen LogP contribution in [0.2, 0.25) is 0 Å². The van der Waals surface area contributed by atoms with E-state index in [1.165, 1.54) is 5.69 Å². The summed E-state index contributed by atoms with van der Waals surface area (Å²) < 4.78 is 9.71. The Kier molecular flexibility index (Phi) is 3.23. The van der Waals surface area contributed by atoms with Crippen LogP contribution in [0.3, 0.4) is 0 Å². The molecule has 7 heteroatoms. The summed E-state index contributed by atoms with van der Waals surface area (Å²) in [5, 5.41) is 4.17. The van der Waals surface area contributed by atoms with Crippen molar-refractivity contribution in [1.82, 2.24) is 29.2 Å². The maximum Gasteiger partial charge on any atom is 0.137 e. The smallest absolute Gasteiger partial charge is 0.137 e. The Morgan fingerprint density at radius 1 is 1.38 bits per heavy atom. The van der Waals surface area contributed by atoms with Gasteiger partial charge in [0.05, 0.1) is 31.1 Å². The minimum Gasteiger partial charge on any atom is -0.380 e. The Balaban J connectivity index is 1.56. The molecular formula is C14H20N6O. The normalized spacial score (nSPS) is 26.1.